The standard InChI is InChI=1S/C35H34ClN3O7S/c1-21-15-27(30(44-3)18-26(21)36)38-33(40)20-47-25-13-11-24(12-14-25)37-35(42)28(39-34(41)22-9-7-6-8-10-22)16-23-17-31(45-4)32(46-5)19-29(23)43-2/h6-19H,20H2,1-5H3,(H,37,42)(H,38,40)(H,39,41)/b28-16-. The van der Waals surface area contributed by atoms with Crippen molar-refractivity contribution in [2.45, 2.75) is 11.8 Å². The summed E-state index contributed by atoms with van der Waals surface area (Å²) < 4.78 is 21.6. The van der Waals surface area contributed by atoms with E-state index in [1.165, 1.54) is 46.3 Å². The minimum Gasteiger partial charge on any atom is -0.496 e. The van der Waals surface area contributed by atoms with Crippen LogP contribution in [-0.2, 0) is 9.59 Å². The number of thioether (sulfide) groups is 1. The van der Waals surface area contributed by atoms with Crippen molar-refractivity contribution in [2.24, 2.45) is 0 Å². The van der Waals surface area contributed by atoms with Gasteiger partial charge in [-0.2, -0.15) is 0 Å². The summed E-state index contributed by atoms with van der Waals surface area (Å²) >= 11 is 7.49. The van der Waals surface area contributed by atoms with E-state index in [-0.39, 0.29) is 17.4 Å². The largest absolute Gasteiger partial charge is 0.496 e. The Hall–Kier alpha value is -5.13. The lowest BCUT2D eigenvalue weighted by Gasteiger charge is -2.15. The van der Waals surface area contributed by atoms with E-state index in [2.05, 4.69) is 16.0 Å². The van der Waals surface area contributed by atoms with Crippen LogP contribution in [0.3, 0.4) is 0 Å². The van der Waals surface area contributed by atoms with Crippen LogP contribution in [0, 0.1) is 6.92 Å². The molecule has 0 atom stereocenters. The molecule has 47 heavy (non-hydrogen) atoms. The van der Waals surface area contributed by atoms with Gasteiger partial charge in [0.15, 0.2) is 11.5 Å². The molecule has 4 rings (SSSR count). The second kappa shape index (κ2) is 16.4. The Bertz CT molecular complexity index is 1780. The van der Waals surface area contributed by atoms with E-state index in [0.29, 0.717) is 50.5 Å². The van der Waals surface area contributed by atoms with E-state index in [9.17, 15) is 14.4 Å². The Balaban J connectivity index is 1.49. The van der Waals surface area contributed by atoms with Crippen molar-refractivity contribution in [1.29, 1.82) is 0 Å². The monoisotopic (exact) mass is 675 g/mol. The highest BCUT2D eigenvalue weighted by Gasteiger charge is 2.18. The van der Waals surface area contributed by atoms with Gasteiger partial charge in [-0.3, -0.25) is 14.4 Å². The molecule has 3 amide bonds. The molecule has 4 aromatic carbocycles. The van der Waals surface area contributed by atoms with E-state index in [1.54, 1.807) is 78.9 Å². The minimum atomic E-state index is -0.571. The smallest absolute Gasteiger partial charge is 0.272 e. The highest BCUT2D eigenvalue weighted by atomic mass is 35.5. The quantitative estimate of drug-likeness (QED) is 0.104. The summed E-state index contributed by atoms with van der Waals surface area (Å²) in [5.41, 5.74) is 2.64. The number of aryl methyl sites for hydroxylation is 1. The first-order valence-corrected chi connectivity index (χ1v) is 15.6. The second-order valence-corrected chi connectivity index (χ2v) is 11.4. The van der Waals surface area contributed by atoms with Gasteiger partial charge in [-0.1, -0.05) is 29.8 Å². The Morgan fingerprint density at radius 2 is 1.40 bits per heavy atom. The van der Waals surface area contributed by atoms with Crippen LogP contribution in [0.2, 0.25) is 5.02 Å². The third kappa shape index (κ3) is 9.21. The van der Waals surface area contributed by atoms with Gasteiger partial charge in [0, 0.05) is 38.9 Å². The van der Waals surface area contributed by atoms with Crippen LogP contribution in [0.25, 0.3) is 6.08 Å². The number of halogens is 1. The van der Waals surface area contributed by atoms with Gasteiger partial charge in [-0.15, -0.1) is 11.8 Å². The molecule has 0 aromatic heterocycles. The topological polar surface area (TPSA) is 124 Å². The van der Waals surface area contributed by atoms with Gasteiger partial charge in [0.05, 0.1) is 39.9 Å². The molecule has 244 valence electrons. The zero-order valence-corrected chi connectivity index (χ0v) is 28.0. The van der Waals surface area contributed by atoms with Gasteiger partial charge >= 0.3 is 0 Å². The van der Waals surface area contributed by atoms with Crippen LogP contribution < -0.4 is 34.9 Å². The summed E-state index contributed by atoms with van der Waals surface area (Å²) in [7, 11) is 5.99. The van der Waals surface area contributed by atoms with Crippen LogP contribution in [0.5, 0.6) is 23.0 Å². The molecule has 0 spiro atoms. The number of amides is 3. The maximum absolute atomic E-state index is 13.6. The van der Waals surface area contributed by atoms with Crippen molar-refractivity contribution < 1.29 is 33.3 Å². The van der Waals surface area contributed by atoms with Gasteiger partial charge in [0.25, 0.3) is 11.8 Å². The number of methoxy groups -OCH3 is 4. The summed E-state index contributed by atoms with van der Waals surface area (Å²) in [6, 6.07) is 22.2. The molecule has 4 aromatic rings. The number of anilines is 2. The first kappa shape index (κ1) is 34.7. The van der Waals surface area contributed by atoms with Crippen LogP contribution in [0.15, 0.2) is 89.5 Å². The summed E-state index contributed by atoms with van der Waals surface area (Å²) in [6.45, 7) is 1.84. The Labute approximate surface area is 282 Å². The molecule has 0 heterocycles. The van der Waals surface area contributed by atoms with Crippen molar-refractivity contribution in [3.63, 3.8) is 0 Å². The molecule has 3 N–H and O–H groups in total. The number of benzene rings is 4. The zero-order chi connectivity index (χ0) is 33.9. The van der Waals surface area contributed by atoms with Gasteiger partial charge in [0.1, 0.15) is 17.2 Å². The summed E-state index contributed by atoms with van der Waals surface area (Å²) in [5, 5.41) is 8.94. The molecule has 0 aliphatic carbocycles. The van der Waals surface area contributed by atoms with Gasteiger partial charge in [-0.05, 0) is 67.1 Å². The maximum atomic E-state index is 13.6. The first-order chi connectivity index (χ1) is 22.6. The fourth-order valence-corrected chi connectivity index (χ4v) is 5.21. The van der Waals surface area contributed by atoms with Crippen LogP contribution in [0.1, 0.15) is 21.5 Å². The molecule has 0 saturated carbocycles. The van der Waals surface area contributed by atoms with E-state index in [0.717, 1.165) is 10.5 Å². The van der Waals surface area contributed by atoms with Gasteiger partial charge < -0.3 is 34.9 Å². The van der Waals surface area contributed by atoms with E-state index in [4.69, 9.17) is 30.5 Å². The number of ether oxygens (including phenoxy) is 4. The lowest BCUT2D eigenvalue weighted by atomic mass is 10.1. The van der Waals surface area contributed by atoms with Crippen molar-refractivity contribution >= 4 is 58.5 Å². The average Bonchev–Trinajstić information content (AvgIpc) is 3.09. The third-order valence-electron chi connectivity index (χ3n) is 6.80. The number of carbonyl (C=O) groups is 3. The van der Waals surface area contributed by atoms with E-state index < -0.39 is 11.8 Å². The van der Waals surface area contributed by atoms with Crippen LogP contribution >= 0.6 is 23.4 Å². The number of hydrogen-bond acceptors (Lipinski definition) is 8. The average molecular weight is 676 g/mol. The number of carbonyl (C=O) groups excluding carboxylic acids is 3. The highest BCUT2D eigenvalue weighted by Crippen LogP contribution is 2.36. The molecule has 0 bridgehead atoms. The Kier molecular flexibility index (Phi) is 12.1. The maximum Gasteiger partial charge on any atom is 0.272 e. The fraction of sp³-hybridized carbons (Fsp3) is 0.171. The van der Waals surface area contributed by atoms with Crippen molar-refractivity contribution in [1.82, 2.24) is 5.32 Å². The van der Waals surface area contributed by atoms with Crippen LogP contribution in [-0.4, -0.2) is 51.9 Å². The van der Waals surface area contributed by atoms with E-state index in [1.807, 2.05) is 6.92 Å². The van der Waals surface area contributed by atoms with Crippen molar-refractivity contribution in [2.75, 3.05) is 44.8 Å². The second-order valence-electron chi connectivity index (χ2n) is 9.94. The molecule has 0 aliphatic rings. The lowest BCUT2D eigenvalue weighted by Crippen LogP contribution is -2.30. The fourth-order valence-electron chi connectivity index (χ4n) is 4.36. The predicted molar refractivity (Wildman–Crippen MR) is 185 cm³/mol. The Morgan fingerprint density at radius 3 is 2.04 bits per heavy atom. The summed E-state index contributed by atoms with van der Waals surface area (Å²) in [4.78, 5) is 40.1. The lowest BCUT2D eigenvalue weighted by molar-refractivity contribution is -0.114. The number of hydrogen-bond donors (Lipinski definition) is 3. The molecular weight excluding hydrogens is 642 g/mol. The molecule has 0 aliphatic heterocycles. The molecule has 12 heteroatoms. The summed E-state index contributed by atoms with van der Waals surface area (Å²) in [6.07, 6.45) is 1.50. The van der Waals surface area contributed by atoms with E-state index >= 15 is 0 Å². The highest BCUT2D eigenvalue weighted by molar-refractivity contribution is 8.00. The summed E-state index contributed by atoms with van der Waals surface area (Å²) in [5.74, 6) is 0.605. The van der Waals surface area contributed by atoms with Gasteiger partial charge in [0.2, 0.25) is 5.91 Å². The Morgan fingerprint density at radius 1 is 0.766 bits per heavy atom. The molecular formula is C35H34ClN3O7S. The van der Waals surface area contributed by atoms with Crippen molar-refractivity contribution in [3.05, 3.63) is 106 Å². The molecule has 10 nitrogen and oxygen atoms in total. The normalized spacial score (nSPS) is 10.9. The van der Waals surface area contributed by atoms with Crippen LogP contribution in [0.4, 0.5) is 11.4 Å². The third-order valence-corrected chi connectivity index (χ3v) is 8.22. The minimum absolute atomic E-state index is 0.0349. The SMILES string of the molecule is COc1cc(OC)c(OC)cc1/C=C(\NC(=O)c1ccccc1)C(=O)Nc1ccc(SCC(=O)Nc2cc(C)c(Cl)cc2OC)cc1. The molecule has 0 unspecified atom stereocenters. The molecule has 0 fully saturated rings. The molecule has 0 saturated heterocycles. The number of nitrogens with one attached hydrogen (secondary N) is 3. The first-order valence-electron chi connectivity index (χ1n) is 14.2. The zero-order valence-electron chi connectivity index (χ0n) is 26.4. The van der Waals surface area contributed by atoms with Gasteiger partial charge in [-0.25, -0.2) is 0 Å². The predicted octanol–water partition coefficient (Wildman–Crippen LogP) is 6.82. The van der Waals surface area contributed by atoms with Crippen molar-refractivity contribution in [3.8, 4) is 23.0 Å². The molecule has 0 radical (unpaired) electrons. The number of rotatable bonds is 13.